The minimum absolute atomic E-state index is 0.208. The first-order valence-corrected chi connectivity index (χ1v) is 6.08. The average molecular weight is 307 g/mol. The smallest absolute Gasteiger partial charge is 0.243 e. The number of benzene rings is 1. The number of hydrogen-bond donors (Lipinski definition) is 0. The van der Waals surface area contributed by atoms with E-state index >= 15 is 0 Å². The van der Waals surface area contributed by atoms with E-state index in [0.29, 0.717) is 5.56 Å². The fourth-order valence-electron chi connectivity index (χ4n) is 1.50. The number of aromatic nitrogens is 2. The fourth-order valence-corrected chi connectivity index (χ4v) is 1.88. The maximum atomic E-state index is 12.3. The highest BCUT2D eigenvalue weighted by Crippen LogP contribution is 2.21. The van der Waals surface area contributed by atoms with Crippen molar-refractivity contribution in [1.29, 1.82) is 0 Å². The van der Waals surface area contributed by atoms with Crippen LogP contribution in [0.4, 0.5) is 0 Å². The van der Waals surface area contributed by atoms with Gasteiger partial charge in [-0.05, 0) is 18.6 Å². The molecule has 0 atom stereocenters. The van der Waals surface area contributed by atoms with Crippen molar-refractivity contribution in [2.45, 2.75) is 6.92 Å². The zero-order chi connectivity index (χ0) is 13.1. The first-order chi connectivity index (χ1) is 8.63. The Morgan fingerprint density at radius 1 is 1.28 bits per heavy atom. The fraction of sp³-hybridized carbons (Fsp3) is 0.154. The molecule has 0 aliphatic carbocycles. The minimum Gasteiger partial charge on any atom is -0.479 e. The third-order valence-corrected chi connectivity index (χ3v) is 3.36. The lowest BCUT2D eigenvalue weighted by Gasteiger charge is -2.06. The number of carbonyl (C=O) groups excluding carboxylic acids is 1. The number of nitrogens with zero attached hydrogens (tertiary/aromatic N) is 2. The van der Waals surface area contributed by atoms with E-state index < -0.39 is 0 Å². The highest BCUT2D eigenvalue weighted by atomic mass is 79.9. The highest BCUT2D eigenvalue weighted by Gasteiger charge is 2.17. The van der Waals surface area contributed by atoms with Gasteiger partial charge in [0.05, 0.1) is 7.11 Å². The van der Waals surface area contributed by atoms with Gasteiger partial charge in [0, 0.05) is 22.4 Å². The van der Waals surface area contributed by atoms with Crippen LogP contribution in [0.1, 0.15) is 21.6 Å². The number of carbonyl (C=O) groups is 1. The van der Waals surface area contributed by atoms with Crippen molar-refractivity contribution in [1.82, 2.24) is 9.97 Å². The zero-order valence-electron chi connectivity index (χ0n) is 9.98. The molecule has 2 aromatic rings. The topological polar surface area (TPSA) is 52.1 Å². The summed E-state index contributed by atoms with van der Waals surface area (Å²) in [4.78, 5) is 20.3. The highest BCUT2D eigenvalue weighted by molar-refractivity contribution is 9.10. The summed E-state index contributed by atoms with van der Waals surface area (Å²) in [6.45, 7) is 1.96. The van der Waals surface area contributed by atoms with Gasteiger partial charge in [0.15, 0.2) is 5.69 Å². The molecule has 0 aliphatic heterocycles. The van der Waals surface area contributed by atoms with Gasteiger partial charge in [-0.1, -0.05) is 28.1 Å². The maximum Gasteiger partial charge on any atom is 0.243 e. The predicted octanol–water partition coefficient (Wildman–Crippen LogP) is 2.79. The molecule has 0 aliphatic rings. The molecule has 4 nitrogen and oxygen atoms in total. The molecule has 1 heterocycles. The van der Waals surface area contributed by atoms with E-state index in [1.807, 2.05) is 13.0 Å². The second-order valence-electron chi connectivity index (χ2n) is 3.71. The van der Waals surface area contributed by atoms with Crippen molar-refractivity contribution < 1.29 is 9.53 Å². The molecule has 0 spiro atoms. The molecule has 92 valence electrons. The Balaban J connectivity index is 2.44. The summed E-state index contributed by atoms with van der Waals surface area (Å²) >= 11 is 3.40. The number of halogens is 1. The summed E-state index contributed by atoms with van der Waals surface area (Å²) in [5.41, 5.74) is 1.83. The first kappa shape index (κ1) is 12.7. The van der Waals surface area contributed by atoms with Crippen molar-refractivity contribution >= 4 is 21.7 Å². The van der Waals surface area contributed by atoms with Crippen LogP contribution in [0.5, 0.6) is 5.88 Å². The summed E-state index contributed by atoms with van der Waals surface area (Å²) in [6, 6.07) is 5.41. The van der Waals surface area contributed by atoms with Crippen molar-refractivity contribution in [3.63, 3.8) is 0 Å². The lowest BCUT2D eigenvalue weighted by Crippen LogP contribution is -2.07. The van der Waals surface area contributed by atoms with Gasteiger partial charge in [0.1, 0.15) is 0 Å². The van der Waals surface area contributed by atoms with E-state index in [4.69, 9.17) is 4.74 Å². The molecular formula is C13H11BrN2O2. The Morgan fingerprint density at radius 2 is 2.00 bits per heavy atom. The lowest BCUT2D eigenvalue weighted by molar-refractivity contribution is 0.103. The minimum atomic E-state index is -0.208. The monoisotopic (exact) mass is 306 g/mol. The van der Waals surface area contributed by atoms with E-state index in [2.05, 4.69) is 25.9 Å². The Morgan fingerprint density at radius 3 is 2.67 bits per heavy atom. The Hall–Kier alpha value is -1.75. The Bertz CT molecular complexity index is 599. The summed E-state index contributed by atoms with van der Waals surface area (Å²) in [6.07, 6.45) is 2.96. The van der Waals surface area contributed by atoms with Gasteiger partial charge >= 0.3 is 0 Å². The van der Waals surface area contributed by atoms with Crippen molar-refractivity contribution in [2.75, 3.05) is 7.11 Å². The molecule has 0 unspecified atom stereocenters. The van der Waals surface area contributed by atoms with Crippen LogP contribution >= 0.6 is 15.9 Å². The second kappa shape index (κ2) is 5.27. The van der Waals surface area contributed by atoms with Crippen molar-refractivity contribution in [3.8, 4) is 5.88 Å². The van der Waals surface area contributed by atoms with Gasteiger partial charge in [-0.3, -0.25) is 4.79 Å². The molecule has 0 saturated heterocycles. The van der Waals surface area contributed by atoms with E-state index in [1.165, 1.54) is 19.5 Å². The Labute approximate surface area is 113 Å². The third-order valence-electron chi connectivity index (χ3n) is 2.51. The number of ketones is 1. The molecule has 0 N–H and O–H groups in total. The molecule has 0 bridgehead atoms. The molecule has 18 heavy (non-hydrogen) atoms. The molecular weight excluding hydrogens is 296 g/mol. The summed E-state index contributed by atoms with van der Waals surface area (Å²) in [5.74, 6) is 0.0276. The molecule has 2 rings (SSSR count). The lowest BCUT2D eigenvalue weighted by atomic mass is 10.1. The molecule has 1 aromatic heterocycles. The van der Waals surface area contributed by atoms with Crippen LogP contribution in [-0.4, -0.2) is 22.9 Å². The average Bonchev–Trinajstić information content (AvgIpc) is 2.41. The molecule has 1 aromatic carbocycles. The third kappa shape index (κ3) is 2.41. The molecule has 0 amide bonds. The van der Waals surface area contributed by atoms with Gasteiger partial charge in [0.2, 0.25) is 11.7 Å². The summed E-state index contributed by atoms with van der Waals surface area (Å²) in [5, 5.41) is 0. The van der Waals surface area contributed by atoms with Crippen LogP contribution in [0.3, 0.4) is 0 Å². The zero-order valence-corrected chi connectivity index (χ0v) is 11.6. The quantitative estimate of drug-likeness (QED) is 0.818. The number of hydrogen-bond acceptors (Lipinski definition) is 4. The Kier molecular flexibility index (Phi) is 3.72. The van der Waals surface area contributed by atoms with Crippen LogP contribution in [0.2, 0.25) is 0 Å². The van der Waals surface area contributed by atoms with E-state index in [1.54, 1.807) is 12.1 Å². The molecule has 0 saturated carbocycles. The van der Waals surface area contributed by atoms with Gasteiger partial charge < -0.3 is 4.74 Å². The number of ether oxygens (including phenoxy) is 1. The summed E-state index contributed by atoms with van der Waals surface area (Å²) < 4.78 is 5.92. The van der Waals surface area contributed by atoms with Crippen LogP contribution in [-0.2, 0) is 0 Å². The van der Waals surface area contributed by atoms with E-state index in [0.717, 1.165) is 10.0 Å². The molecule has 0 fully saturated rings. The maximum absolute atomic E-state index is 12.3. The molecule has 5 heteroatoms. The number of aryl methyl sites for hydroxylation is 1. The van der Waals surface area contributed by atoms with Gasteiger partial charge in [-0.2, -0.15) is 0 Å². The van der Waals surface area contributed by atoms with Gasteiger partial charge in [-0.15, -0.1) is 0 Å². The number of rotatable bonds is 3. The normalized spacial score (nSPS) is 10.2. The summed E-state index contributed by atoms with van der Waals surface area (Å²) in [7, 11) is 1.46. The van der Waals surface area contributed by atoms with Crippen molar-refractivity contribution in [3.05, 3.63) is 51.9 Å². The standard InChI is InChI=1S/C13H11BrN2O2/c1-8-3-4-9(7-10(8)14)12(17)11-13(18-2)16-6-5-15-11/h3-7H,1-2H3. The van der Waals surface area contributed by atoms with Gasteiger partial charge in [-0.25, -0.2) is 9.97 Å². The van der Waals surface area contributed by atoms with Crippen molar-refractivity contribution in [2.24, 2.45) is 0 Å². The van der Waals surface area contributed by atoms with Crippen LogP contribution in [0.15, 0.2) is 35.1 Å². The first-order valence-electron chi connectivity index (χ1n) is 5.29. The SMILES string of the molecule is COc1nccnc1C(=O)c1ccc(C)c(Br)c1. The largest absolute Gasteiger partial charge is 0.479 e. The van der Waals surface area contributed by atoms with Crippen LogP contribution in [0, 0.1) is 6.92 Å². The molecule has 0 radical (unpaired) electrons. The second-order valence-corrected chi connectivity index (χ2v) is 4.56. The van der Waals surface area contributed by atoms with Crippen LogP contribution < -0.4 is 4.74 Å². The van der Waals surface area contributed by atoms with Crippen LogP contribution in [0.25, 0.3) is 0 Å². The van der Waals surface area contributed by atoms with Gasteiger partial charge in [0.25, 0.3) is 0 Å². The van der Waals surface area contributed by atoms with E-state index in [9.17, 15) is 4.79 Å². The predicted molar refractivity (Wildman–Crippen MR) is 70.9 cm³/mol. The number of methoxy groups -OCH3 is 1. The van der Waals surface area contributed by atoms with E-state index in [-0.39, 0.29) is 17.4 Å².